The maximum absolute atomic E-state index is 10.8. The molecule has 14 heavy (non-hydrogen) atoms. The number of benzene rings is 1. The third kappa shape index (κ3) is 3.68. The van der Waals surface area contributed by atoms with Crippen molar-refractivity contribution in [2.24, 2.45) is 0 Å². The van der Waals surface area contributed by atoms with Gasteiger partial charge in [0.25, 0.3) is 0 Å². The standard InChI is InChI=1S/C9H11NO3S/c1-14(12,13)10-6-8-3-2-4-9(5-8)7-11/h2-5,7,10H,6H2,1H3. The number of aldehydes is 1. The van der Waals surface area contributed by atoms with Crippen molar-refractivity contribution in [2.75, 3.05) is 6.26 Å². The average molecular weight is 213 g/mol. The van der Waals surface area contributed by atoms with Crippen LogP contribution in [0, 0.1) is 0 Å². The van der Waals surface area contributed by atoms with Crippen molar-refractivity contribution in [3.63, 3.8) is 0 Å². The lowest BCUT2D eigenvalue weighted by Crippen LogP contribution is -2.21. The van der Waals surface area contributed by atoms with E-state index in [2.05, 4.69) is 4.72 Å². The minimum atomic E-state index is -3.18. The van der Waals surface area contributed by atoms with E-state index in [0.29, 0.717) is 5.56 Å². The highest BCUT2D eigenvalue weighted by Gasteiger charge is 2.00. The Kier molecular flexibility index (Phi) is 3.38. The van der Waals surface area contributed by atoms with Gasteiger partial charge in [-0.15, -0.1) is 0 Å². The monoisotopic (exact) mass is 213 g/mol. The van der Waals surface area contributed by atoms with E-state index in [-0.39, 0.29) is 6.54 Å². The van der Waals surface area contributed by atoms with E-state index in [4.69, 9.17) is 0 Å². The predicted octanol–water partition coefficient (Wildman–Crippen LogP) is 0.548. The van der Waals surface area contributed by atoms with Crippen LogP contribution in [-0.2, 0) is 16.6 Å². The first-order valence-electron chi connectivity index (χ1n) is 4.00. The summed E-state index contributed by atoms with van der Waals surface area (Å²) in [4.78, 5) is 10.4. The van der Waals surface area contributed by atoms with Crippen molar-refractivity contribution in [2.45, 2.75) is 6.54 Å². The highest BCUT2D eigenvalue weighted by atomic mass is 32.2. The van der Waals surface area contributed by atoms with E-state index in [9.17, 15) is 13.2 Å². The van der Waals surface area contributed by atoms with Crippen molar-refractivity contribution in [1.82, 2.24) is 4.72 Å². The number of carbonyl (C=O) groups excluding carboxylic acids is 1. The molecule has 0 fully saturated rings. The number of nitrogens with one attached hydrogen (secondary N) is 1. The van der Waals surface area contributed by atoms with Crippen LogP contribution in [0.15, 0.2) is 24.3 Å². The van der Waals surface area contributed by atoms with Crippen LogP contribution in [0.3, 0.4) is 0 Å². The van der Waals surface area contributed by atoms with Crippen LogP contribution in [0.4, 0.5) is 0 Å². The quantitative estimate of drug-likeness (QED) is 0.743. The van der Waals surface area contributed by atoms with Gasteiger partial charge in [-0.1, -0.05) is 18.2 Å². The summed E-state index contributed by atoms with van der Waals surface area (Å²) in [7, 11) is -3.18. The molecule has 0 bridgehead atoms. The summed E-state index contributed by atoms with van der Waals surface area (Å²) in [5.74, 6) is 0. The molecule has 0 aliphatic rings. The van der Waals surface area contributed by atoms with Gasteiger partial charge in [-0.25, -0.2) is 13.1 Å². The lowest BCUT2D eigenvalue weighted by molar-refractivity contribution is 0.112. The molecule has 0 saturated carbocycles. The largest absolute Gasteiger partial charge is 0.298 e. The van der Waals surface area contributed by atoms with Crippen molar-refractivity contribution in [1.29, 1.82) is 0 Å². The van der Waals surface area contributed by atoms with Crippen LogP contribution in [0.2, 0.25) is 0 Å². The summed E-state index contributed by atoms with van der Waals surface area (Å²) in [5, 5.41) is 0. The van der Waals surface area contributed by atoms with Gasteiger partial charge >= 0.3 is 0 Å². The van der Waals surface area contributed by atoms with Crippen molar-refractivity contribution < 1.29 is 13.2 Å². The van der Waals surface area contributed by atoms with E-state index >= 15 is 0 Å². The molecule has 76 valence electrons. The first kappa shape index (κ1) is 10.9. The second-order valence-electron chi connectivity index (χ2n) is 2.96. The summed E-state index contributed by atoms with van der Waals surface area (Å²) in [6.45, 7) is 0.209. The average Bonchev–Trinajstić information content (AvgIpc) is 2.14. The molecule has 1 rings (SSSR count). The van der Waals surface area contributed by atoms with Gasteiger partial charge in [-0.05, 0) is 11.6 Å². The Morgan fingerprint density at radius 2 is 2.14 bits per heavy atom. The summed E-state index contributed by atoms with van der Waals surface area (Å²) < 4.78 is 23.9. The van der Waals surface area contributed by atoms with Gasteiger partial charge < -0.3 is 0 Å². The molecule has 0 heterocycles. The van der Waals surface area contributed by atoms with Gasteiger partial charge in [0.2, 0.25) is 10.0 Å². The lowest BCUT2D eigenvalue weighted by Gasteiger charge is -2.02. The number of carbonyl (C=O) groups is 1. The van der Waals surface area contributed by atoms with E-state index in [1.54, 1.807) is 24.3 Å². The zero-order valence-corrected chi connectivity index (χ0v) is 8.54. The molecule has 0 atom stereocenters. The fraction of sp³-hybridized carbons (Fsp3) is 0.222. The van der Waals surface area contributed by atoms with Gasteiger partial charge in [0.1, 0.15) is 6.29 Å². The molecule has 5 heteroatoms. The molecule has 4 nitrogen and oxygen atoms in total. The van der Waals surface area contributed by atoms with Crippen molar-refractivity contribution >= 4 is 16.3 Å². The van der Waals surface area contributed by atoms with Gasteiger partial charge in [0.05, 0.1) is 6.26 Å². The highest BCUT2D eigenvalue weighted by molar-refractivity contribution is 7.88. The van der Waals surface area contributed by atoms with Crippen LogP contribution in [0.1, 0.15) is 15.9 Å². The van der Waals surface area contributed by atoms with Gasteiger partial charge in [-0.2, -0.15) is 0 Å². The van der Waals surface area contributed by atoms with Crippen LogP contribution < -0.4 is 4.72 Å². The first-order chi connectivity index (χ1) is 6.51. The fourth-order valence-electron chi connectivity index (χ4n) is 0.991. The number of hydrogen-bond acceptors (Lipinski definition) is 3. The van der Waals surface area contributed by atoms with Gasteiger partial charge in [-0.3, -0.25) is 4.79 Å². The highest BCUT2D eigenvalue weighted by Crippen LogP contribution is 2.02. The Morgan fingerprint density at radius 3 is 2.71 bits per heavy atom. The molecule has 0 radical (unpaired) electrons. The second kappa shape index (κ2) is 4.34. The van der Waals surface area contributed by atoms with Crippen LogP contribution >= 0.6 is 0 Å². The third-order valence-electron chi connectivity index (χ3n) is 1.63. The molecular formula is C9H11NO3S. The molecule has 1 aromatic rings. The Bertz CT molecular complexity index is 425. The lowest BCUT2D eigenvalue weighted by atomic mass is 10.1. The first-order valence-corrected chi connectivity index (χ1v) is 5.89. The van der Waals surface area contributed by atoms with Crippen molar-refractivity contribution in [3.8, 4) is 0 Å². The van der Waals surface area contributed by atoms with Gasteiger partial charge in [0, 0.05) is 12.1 Å². The topological polar surface area (TPSA) is 63.2 Å². The maximum Gasteiger partial charge on any atom is 0.209 e. The Labute approximate surface area is 83.0 Å². The van der Waals surface area contributed by atoms with Crippen LogP contribution in [0.25, 0.3) is 0 Å². The maximum atomic E-state index is 10.8. The Balaban J connectivity index is 2.72. The summed E-state index contributed by atoms with van der Waals surface area (Å²) in [6, 6.07) is 6.77. The van der Waals surface area contributed by atoms with Crippen molar-refractivity contribution in [3.05, 3.63) is 35.4 Å². The van der Waals surface area contributed by atoms with E-state index in [1.165, 1.54) is 0 Å². The Morgan fingerprint density at radius 1 is 1.43 bits per heavy atom. The fourth-order valence-corrected chi connectivity index (χ4v) is 1.42. The zero-order chi connectivity index (χ0) is 10.6. The molecule has 1 aromatic carbocycles. The van der Waals surface area contributed by atoms with Gasteiger partial charge in [0.15, 0.2) is 0 Å². The number of hydrogen-bond donors (Lipinski definition) is 1. The summed E-state index contributed by atoms with van der Waals surface area (Å²) in [6.07, 6.45) is 1.82. The zero-order valence-electron chi connectivity index (χ0n) is 7.73. The summed E-state index contributed by atoms with van der Waals surface area (Å²) in [5.41, 5.74) is 1.30. The molecule has 1 N–H and O–H groups in total. The van der Waals surface area contributed by atoms with E-state index < -0.39 is 10.0 Å². The molecular weight excluding hydrogens is 202 g/mol. The molecule has 0 aliphatic heterocycles. The second-order valence-corrected chi connectivity index (χ2v) is 4.79. The van der Waals surface area contributed by atoms with E-state index in [1.807, 2.05) is 0 Å². The molecule has 0 saturated heterocycles. The van der Waals surface area contributed by atoms with E-state index in [0.717, 1.165) is 18.1 Å². The number of rotatable bonds is 4. The minimum Gasteiger partial charge on any atom is -0.298 e. The summed E-state index contributed by atoms with van der Waals surface area (Å²) >= 11 is 0. The molecule has 0 spiro atoms. The van der Waals surface area contributed by atoms with Crippen LogP contribution in [-0.4, -0.2) is 21.0 Å². The molecule has 0 amide bonds. The molecule has 0 unspecified atom stereocenters. The smallest absolute Gasteiger partial charge is 0.209 e. The molecule has 0 aromatic heterocycles. The SMILES string of the molecule is CS(=O)(=O)NCc1cccc(C=O)c1. The normalized spacial score (nSPS) is 11.2. The molecule has 0 aliphatic carbocycles. The van der Waals surface area contributed by atoms with Crippen LogP contribution in [0.5, 0.6) is 0 Å². The predicted molar refractivity (Wildman–Crippen MR) is 53.5 cm³/mol. The minimum absolute atomic E-state index is 0.209. The third-order valence-corrected chi connectivity index (χ3v) is 2.29. The number of sulfonamides is 1. The Hall–Kier alpha value is -1.20.